The highest BCUT2D eigenvalue weighted by molar-refractivity contribution is 6.34. The third-order valence-electron chi connectivity index (χ3n) is 5.13. The van der Waals surface area contributed by atoms with Crippen LogP contribution in [0.5, 0.6) is 0 Å². The molecule has 4 nitrogen and oxygen atoms in total. The van der Waals surface area contributed by atoms with Crippen LogP contribution in [0.15, 0.2) is 103 Å². The van der Waals surface area contributed by atoms with Crippen LogP contribution in [0.4, 0.5) is 0 Å². The fourth-order valence-corrected chi connectivity index (χ4v) is 3.76. The minimum atomic E-state index is -0.914. The number of hydrogen-bond acceptors (Lipinski definition) is 3. The molecule has 0 saturated carbocycles. The van der Waals surface area contributed by atoms with Crippen molar-refractivity contribution in [2.75, 3.05) is 0 Å². The maximum absolute atomic E-state index is 13.1. The number of aliphatic hydroxyl groups excluding tert-OH is 1. The largest absolute Gasteiger partial charge is 0.386 e. The summed E-state index contributed by atoms with van der Waals surface area (Å²) in [7, 11) is 0. The van der Waals surface area contributed by atoms with Gasteiger partial charge in [-0.2, -0.15) is 0 Å². The first-order chi connectivity index (χ1) is 15.1. The van der Waals surface area contributed by atoms with E-state index in [1.54, 1.807) is 24.5 Å². The van der Waals surface area contributed by atoms with Crippen molar-refractivity contribution in [1.29, 1.82) is 0 Å². The number of rotatable bonds is 6. The summed E-state index contributed by atoms with van der Waals surface area (Å²) in [4.78, 5) is 17.1. The molecule has 1 heterocycles. The molecule has 0 spiro atoms. The molecular formula is C26H21ClN2O2. The summed E-state index contributed by atoms with van der Waals surface area (Å²) < 4.78 is 0. The molecule has 4 rings (SSSR count). The van der Waals surface area contributed by atoms with Gasteiger partial charge in [0, 0.05) is 12.4 Å². The van der Waals surface area contributed by atoms with Crippen LogP contribution in [-0.2, 0) is 0 Å². The molecule has 3 aromatic carbocycles. The van der Waals surface area contributed by atoms with Crippen molar-refractivity contribution in [2.24, 2.45) is 0 Å². The van der Waals surface area contributed by atoms with Gasteiger partial charge in [0.15, 0.2) is 0 Å². The zero-order valence-corrected chi connectivity index (χ0v) is 17.4. The predicted molar refractivity (Wildman–Crippen MR) is 123 cm³/mol. The normalized spacial score (nSPS) is 12.7. The van der Waals surface area contributed by atoms with E-state index in [0.717, 1.165) is 22.3 Å². The molecule has 0 aliphatic heterocycles. The molecule has 5 heteroatoms. The number of carbonyl (C=O) groups is 1. The van der Waals surface area contributed by atoms with Crippen LogP contribution in [0.1, 0.15) is 33.6 Å². The van der Waals surface area contributed by atoms with Gasteiger partial charge in [0.25, 0.3) is 5.91 Å². The average molecular weight is 429 g/mol. The molecule has 1 amide bonds. The number of nitrogens with zero attached hydrogens (tertiary/aromatic N) is 1. The number of halogens is 1. The van der Waals surface area contributed by atoms with Gasteiger partial charge in [-0.3, -0.25) is 9.78 Å². The summed E-state index contributed by atoms with van der Waals surface area (Å²) in [6.07, 6.45) is 2.50. The molecule has 2 N–H and O–H groups in total. The van der Waals surface area contributed by atoms with Crippen molar-refractivity contribution in [3.05, 3.63) is 125 Å². The lowest BCUT2D eigenvalue weighted by Gasteiger charge is -2.25. The number of benzene rings is 3. The van der Waals surface area contributed by atoms with Crippen LogP contribution >= 0.6 is 11.6 Å². The fourth-order valence-electron chi connectivity index (χ4n) is 3.49. The minimum absolute atomic E-state index is 0.341. The van der Waals surface area contributed by atoms with Crippen molar-refractivity contribution < 1.29 is 9.90 Å². The molecule has 2 atom stereocenters. The zero-order chi connectivity index (χ0) is 21.6. The number of aromatic nitrogens is 1. The molecule has 0 fully saturated rings. The van der Waals surface area contributed by atoms with Crippen LogP contribution in [0.3, 0.4) is 0 Å². The van der Waals surface area contributed by atoms with E-state index < -0.39 is 12.1 Å². The Balaban J connectivity index is 1.62. The van der Waals surface area contributed by atoms with E-state index in [9.17, 15) is 9.90 Å². The highest BCUT2D eigenvalue weighted by Crippen LogP contribution is 2.30. The molecule has 0 aliphatic carbocycles. The summed E-state index contributed by atoms with van der Waals surface area (Å²) >= 11 is 6.46. The predicted octanol–water partition coefficient (Wildman–Crippen LogP) is 5.61. The number of pyridine rings is 1. The van der Waals surface area contributed by atoms with Crippen LogP contribution in [0.25, 0.3) is 11.1 Å². The van der Waals surface area contributed by atoms with Gasteiger partial charge in [0.1, 0.15) is 6.10 Å². The Labute approximate surface area is 186 Å². The van der Waals surface area contributed by atoms with Gasteiger partial charge in [-0.1, -0.05) is 78.3 Å². The summed E-state index contributed by atoms with van der Waals surface area (Å²) in [6.45, 7) is 0. The monoisotopic (exact) mass is 428 g/mol. The minimum Gasteiger partial charge on any atom is -0.386 e. The van der Waals surface area contributed by atoms with Crippen LogP contribution in [-0.4, -0.2) is 16.0 Å². The lowest BCUT2D eigenvalue weighted by atomic mass is 9.95. The van der Waals surface area contributed by atoms with Gasteiger partial charge in [-0.25, -0.2) is 0 Å². The number of nitrogens with one attached hydrogen (secondary N) is 1. The second-order valence-corrected chi connectivity index (χ2v) is 7.56. The van der Waals surface area contributed by atoms with Crippen molar-refractivity contribution in [1.82, 2.24) is 10.3 Å². The quantitative estimate of drug-likeness (QED) is 0.419. The summed E-state index contributed by atoms with van der Waals surface area (Å²) in [6, 6.07) is 27.1. The number of amides is 1. The van der Waals surface area contributed by atoms with Crippen molar-refractivity contribution >= 4 is 17.5 Å². The molecule has 154 valence electrons. The SMILES string of the molecule is O=C(N[C@@H](c1ccccc1)[C@H](O)c1ccccc1)c1ccc(-c2ccncc2)cc1Cl. The molecule has 0 bridgehead atoms. The van der Waals surface area contributed by atoms with Gasteiger partial charge in [-0.05, 0) is 46.5 Å². The molecule has 0 unspecified atom stereocenters. The average Bonchev–Trinajstić information content (AvgIpc) is 2.83. The smallest absolute Gasteiger partial charge is 0.253 e. The molecule has 1 aromatic heterocycles. The third-order valence-corrected chi connectivity index (χ3v) is 5.44. The highest BCUT2D eigenvalue weighted by atomic mass is 35.5. The van der Waals surface area contributed by atoms with Crippen molar-refractivity contribution in [3.8, 4) is 11.1 Å². The fraction of sp³-hybridized carbons (Fsp3) is 0.0769. The van der Waals surface area contributed by atoms with E-state index in [-0.39, 0.29) is 5.91 Å². The highest BCUT2D eigenvalue weighted by Gasteiger charge is 2.25. The van der Waals surface area contributed by atoms with Gasteiger partial charge >= 0.3 is 0 Å². The maximum Gasteiger partial charge on any atom is 0.253 e. The van der Waals surface area contributed by atoms with Crippen molar-refractivity contribution in [3.63, 3.8) is 0 Å². The van der Waals surface area contributed by atoms with Gasteiger partial charge in [0.2, 0.25) is 0 Å². The Morgan fingerprint density at radius 2 is 1.42 bits per heavy atom. The molecule has 0 saturated heterocycles. The van der Waals surface area contributed by atoms with E-state index in [1.165, 1.54) is 0 Å². The number of hydrogen-bond donors (Lipinski definition) is 2. The second-order valence-electron chi connectivity index (χ2n) is 7.15. The van der Waals surface area contributed by atoms with Gasteiger partial charge < -0.3 is 10.4 Å². The number of carbonyl (C=O) groups excluding carboxylic acids is 1. The summed E-state index contributed by atoms with van der Waals surface area (Å²) in [5, 5.41) is 14.3. The molecule has 0 radical (unpaired) electrons. The Bertz CT molecular complexity index is 1150. The Hall–Kier alpha value is -3.47. The van der Waals surface area contributed by atoms with Gasteiger partial charge in [-0.15, -0.1) is 0 Å². The molecule has 31 heavy (non-hydrogen) atoms. The maximum atomic E-state index is 13.1. The molecule has 0 aliphatic rings. The van der Waals surface area contributed by atoms with E-state index >= 15 is 0 Å². The molecule has 4 aromatic rings. The second kappa shape index (κ2) is 9.56. The van der Waals surface area contributed by atoms with E-state index in [0.29, 0.717) is 10.6 Å². The van der Waals surface area contributed by atoms with Crippen LogP contribution < -0.4 is 5.32 Å². The lowest BCUT2D eigenvalue weighted by Crippen LogP contribution is -2.32. The Morgan fingerprint density at radius 3 is 2.03 bits per heavy atom. The topological polar surface area (TPSA) is 62.2 Å². The van der Waals surface area contributed by atoms with E-state index in [2.05, 4.69) is 10.3 Å². The van der Waals surface area contributed by atoms with E-state index in [1.807, 2.05) is 78.9 Å². The van der Waals surface area contributed by atoms with Crippen molar-refractivity contribution in [2.45, 2.75) is 12.1 Å². The number of aliphatic hydroxyl groups is 1. The van der Waals surface area contributed by atoms with Gasteiger partial charge in [0.05, 0.1) is 16.6 Å². The first-order valence-corrected chi connectivity index (χ1v) is 10.3. The first-order valence-electron chi connectivity index (χ1n) is 9.92. The van der Waals surface area contributed by atoms with Crippen LogP contribution in [0, 0.1) is 0 Å². The summed E-state index contributed by atoms with van der Waals surface area (Å²) in [5.41, 5.74) is 3.73. The summed E-state index contributed by atoms with van der Waals surface area (Å²) in [5.74, 6) is -0.352. The zero-order valence-electron chi connectivity index (χ0n) is 16.7. The van der Waals surface area contributed by atoms with Crippen LogP contribution in [0.2, 0.25) is 5.02 Å². The Kier molecular flexibility index (Phi) is 6.41. The van der Waals surface area contributed by atoms with E-state index in [4.69, 9.17) is 11.6 Å². The Morgan fingerprint density at radius 1 is 0.806 bits per heavy atom. The lowest BCUT2D eigenvalue weighted by molar-refractivity contribution is 0.0831. The standard InChI is InChI=1S/C26H21ClN2O2/c27-23-17-21(18-13-15-28-16-14-18)11-12-22(23)26(31)29-24(19-7-3-1-4-8-19)25(30)20-9-5-2-6-10-20/h1-17,24-25,30H,(H,29,31)/t24-,25+/m0/s1. The molecular weight excluding hydrogens is 408 g/mol. The first kappa shape index (κ1) is 20.8. The third kappa shape index (κ3) is 4.82.